The highest BCUT2D eigenvalue weighted by atomic mass is 15.2. The molecule has 1 heterocycles. The molecule has 1 N–H and O–H groups in total. The Hall–Kier alpha value is -0.860. The molecule has 1 aromatic rings. The number of hydrogen-bond donors (Lipinski definition) is 1. The fourth-order valence-corrected chi connectivity index (χ4v) is 2.66. The first kappa shape index (κ1) is 13.6. The van der Waals surface area contributed by atoms with E-state index in [0.29, 0.717) is 6.04 Å². The standard InChI is InChI=1S/C16H26N2/c1-3-14(2)18-11-9-16(10-12-18)17-13-15-7-5-4-6-8-15/h4-8,14,16-17H,3,9-13H2,1-2H3. The minimum atomic E-state index is 0.700. The molecule has 0 spiro atoms. The van der Waals surface area contributed by atoms with Crippen molar-refractivity contribution in [1.82, 2.24) is 10.2 Å². The van der Waals surface area contributed by atoms with Crippen molar-refractivity contribution < 1.29 is 0 Å². The summed E-state index contributed by atoms with van der Waals surface area (Å²) in [5.74, 6) is 0. The van der Waals surface area contributed by atoms with Crippen molar-refractivity contribution in [3.05, 3.63) is 35.9 Å². The van der Waals surface area contributed by atoms with E-state index in [4.69, 9.17) is 0 Å². The fourth-order valence-electron chi connectivity index (χ4n) is 2.66. The van der Waals surface area contributed by atoms with Gasteiger partial charge < -0.3 is 10.2 Å². The van der Waals surface area contributed by atoms with Crippen LogP contribution in [0.5, 0.6) is 0 Å². The summed E-state index contributed by atoms with van der Waals surface area (Å²) in [5.41, 5.74) is 1.39. The third-order valence-electron chi connectivity index (χ3n) is 4.18. The maximum Gasteiger partial charge on any atom is 0.0208 e. The largest absolute Gasteiger partial charge is 0.310 e. The Kier molecular flexibility index (Phi) is 5.21. The van der Waals surface area contributed by atoms with Crippen LogP contribution in [-0.2, 0) is 6.54 Å². The minimum absolute atomic E-state index is 0.700. The highest BCUT2D eigenvalue weighted by Gasteiger charge is 2.21. The van der Waals surface area contributed by atoms with Crippen LogP contribution in [-0.4, -0.2) is 30.1 Å². The van der Waals surface area contributed by atoms with E-state index < -0.39 is 0 Å². The number of nitrogens with one attached hydrogen (secondary N) is 1. The van der Waals surface area contributed by atoms with E-state index >= 15 is 0 Å². The van der Waals surface area contributed by atoms with Crippen LogP contribution in [0.4, 0.5) is 0 Å². The summed E-state index contributed by atoms with van der Waals surface area (Å²) in [4.78, 5) is 2.63. The fraction of sp³-hybridized carbons (Fsp3) is 0.625. The molecule has 2 nitrogen and oxygen atoms in total. The maximum atomic E-state index is 3.69. The number of rotatable bonds is 5. The molecule has 100 valence electrons. The molecule has 0 aliphatic carbocycles. The van der Waals surface area contributed by atoms with Gasteiger partial charge in [0, 0.05) is 18.6 Å². The molecule has 2 rings (SSSR count). The Morgan fingerprint density at radius 2 is 1.89 bits per heavy atom. The Bertz CT molecular complexity index is 328. The number of piperidine rings is 1. The molecule has 0 aromatic heterocycles. The first-order chi connectivity index (χ1) is 8.79. The lowest BCUT2D eigenvalue weighted by molar-refractivity contribution is 0.148. The summed E-state index contributed by atoms with van der Waals surface area (Å²) in [6.07, 6.45) is 3.84. The van der Waals surface area contributed by atoms with Crippen LogP contribution in [0.2, 0.25) is 0 Å². The van der Waals surface area contributed by atoms with E-state index in [1.165, 1.54) is 37.9 Å². The third kappa shape index (κ3) is 3.82. The van der Waals surface area contributed by atoms with Crippen molar-refractivity contribution in [3.8, 4) is 0 Å². The molecule has 2 heteroatoms. The molecule has 1 saturated heterocycles. The number of benzene rings is 1. The van der Waals surface area contributed by atoms with Gasteiger partial charge >= 0.3 is 0 Å². The quantitative estimate of drug-likeness (QED) is 0.859. The lowest BCUT2D eigenvalue weighted by Crippen LogP contribution is -2.45. The Morgan fingerprint density at radius 1 is 1.22 bits per heavy atom. The molecule has 0 amide bonds. The van der Waals surface area contributed by atoms with Gasteiger partial charge in [0.1, 0.15) is 0 Å². The summed E-state index contributed by atoms with van der Waals surface area (Å²) in [6.45, 7) is 8.14. The zero-order valence-electron chi connectivity index (χ0n) is 11.7. The first-order valence-corrected chi connectivity index (χ1v) is 7.31. The normalized spacial score (nSPS) is 19.9. The zero-order valence-corrected chi connectivity index (χ0v) is 11.7. The molecule has 1 fully saturated rings. The van der Waals surface area contributed by atoms with Crippen molar-refractivity contribution >= 4 is 0 Å². The summed E-state index contributed by atoms with van der Waals surface area (Å²) in [7, 11) is 0. The third-order valence-corrected chi connectivity index (χ3v) is 4.18. The molecule has 1 aliphatic heterocycles. The monoisotopic (exact) mass is 246 g/mol. The Balaban J connectivity index is 1.71. The molecule has 1 aliphatic rings. The molecule has 0 saturated carbocycles. The van der Waals surface area contributed by atoms with Crippen LogP contribution in [0.25, 0.3) is 0 Å². The van der Waals surface area contributed by atoms with E-state index in [0.717, 1.165) is 12.6 Å². The SMILES string of the molecule is CCC(C)N1CCC(NCc2ccccc2)CC1. The van der Waals surface area contributed by atoms with Gasteiger partial charge in [0.05, 0.1) is 0 Å². The highest BCUT2D eigenvalue weighted by Crippen LogP contribution is 2.15. The van der Waals surface area contributed by atoms with Crippen LogP contribution in [0.15, 0.2) is 30.3 Å². The molecule has 18 heavy (non-hydrogen) atoms. The first-order valence-electron chi connectivity index (χ1n) is 7.31. The molecular formula is C16H26N2. The van der Waals surface area contributed by atoms with E-state index in [2.05, 4.69) is 54.4 Å². The molecular weight excluding hydrogens is 220 g/mol. The average Bonchev–Trinajstić information content (AvgIpc) is 2.46. The van der Waals surface area contributed by atoms with Gasteiger partial charge in [-0.25, -0.2) is 0 Å². The van der Waals surface area contributed by atoms with Gasteiger partial charge in [-0.2, -0.15) is 0 Å². The Morgan fingerprint density at radius 3 is 2.50 bits per heavy atom. The second kappa shape index (κ2) is 6.91. The number of likely N-dealkylation sites (tertiary alicyclic amines) is 1. The number of hydrogen-bond acceptors (Lipinski definition) is 2. The molecule has 1 unspecified atom stereocenters. The second-order valence-corrected chi connectivity index (χ2v) is 5.43. The molecule has 1 atom stereocenters. The van der Waals surface area contributed by atoms with Crippen molar-refractivity contribution in [1.29, 1.82) is 0 Å². The van der Waals surface area contributed by atoms with Crippen molar-refractivity contribution in [3.63, 3.8) is 0 Å². The predicted molar refractivity (Wildman–Crippen MR) is 77.6 cm³/mol. The van der Waals surface area contributed by atoms with Gasteiger partial charge in [0.25, 0.3) is 0 Å². The molecule has 1 aromatic carbocycles. The van der Waals surface area contributed by atoms with E-state index in [9.17, 15) is 0 Å². The zero-order chi connectivity index (χ0) is 12.8. The lowest BCUT2D eigenvalue weighted by Gasteiger charge is -2.36. The van der Waals surface area contributed by atoms with Gasteiger partial charge in [-0.15, -0.1) is 0 Å². The van der Waals surface area contributed by atoms with Gasteiger partial charge in [-0.05, 0) is 44.8 Å². The summed E-state index contributed by atoms with van der Waals surface area (Å²) in [5, 5.41) is 3.69. The van der Waals surface area contributed by atoms with Crippen molar-refractivity contribution in [2.24, 2.45) is 0 Å². The van der Waals surface area contributed by atoms with Crippen LogP contribution in [0, 0.1) is 0 Å². The van der Waals surface area contributed by atoms with Gasteiger partial charge in [0.15, 0.2) is 0 Å². The molecule has 0 radical (unpaired) electrons. The predicted octanol–water partition coefficient (Wildman–Crippen LogP) is 3.04. The number of nitrogens with zero attached hydrogens (tertiary/aromatic N) is 1. The minimum Gasteiger partial charge on any atom is -0.310 e. The van der Waals surface area contributed by atoms with E-state index in [1.807, 2.05) is 0 Å². The smallest absolute Gasteiger partial charge is 0.0208 e. The molecule has 0 bridgehead atoms. The average molecular weight is 246 g/mol. The second-order valence-electron chi connectivity index (χ2n) is 5.43. The van der Waals surface area contributed by atoms with Crippen LogP contribution in [0.1, 0.15) is 38.7 Å². The van der Waals surface area contributed by atoms with Gasteiger partial charge in [-0.1, -0.05) is 37.3 Å². The summed E-state index contributed by atoms with van der Waals surface area (Å²) in [6, 6.07) is 12.1. The highest BCUT2D eigenvalue weighted by molar-refractivity contribution is 5.14. The summed E-state index contributed by atoms with van der Waals surface area (Å²) < 4.78 is 0. The maximum absolute atomic E-state index is 3.69. The van der Waals surface area contributed by atoms with Crippen LogP contribution in [0.3, 0.4) is 0 Å². The van der Waals surface area contributed by atoms with E-state index in [-0.39, 0.29) is 0 Å². The summed E-state index contributed by atoms with van der Waals surface area (Å²) >= 11 is 0. The van der Waals surface area contributed by atoms with Crippen LogP contribution < -0.4 is 5.32 Å². The van der Waals surface area contributed by atoms with Gasteiger partial charge in [-0.3, -0.25) is 0 Å². The van der Waals surface area contributed by atoms with Gasteiger partial charge in [0.2, 0.25) is 0 Å². The Labute approximate surface area is 111 Å². The van der Waals surface area contributed by atoms with Crippen LogP contribution >= 0.6 is 0 Å². The lowest BCUT2D eigenvalue weighted by atomic mass is 10.0. The van der Waals surface area contributed by atoms with E-state index in [1.54, 1.807) is 0 Å². The van der Waals surface area contributed by atoms with Crippen molar-refractivity contribution in [2.45, 2.75) is 51.7 Å². The topological polar surface area (TPSA) is 15.3 Å². The van der Waals surface area contributed by atoms with Crippen molar-refractivity contribution in [2.75, 3.05) is 13.1 Å².